The molecule has 2 fully saturated rings. The fourth-order valence-corrected chi connectivity index (χ4v) is 8.29. The van der Waals surface area contributed by atoms with Gasteiger partial charge in [0.25, 0.3) is 0 Å². The SMILES string of the molecule is C1CCOC1.C1CCOC1.CCCC[N]([Hf+2][N](CCCC)c1ccccc1)c1ccccc1.[F-].[F-]. The first-order valence-electron chi connectivity index (χ1n) is 12.9. The molecule has 2 aliphatic rings. The number of anilines is 2. The quantitative estimate of drug-likeness (QED) is 0.358. The second-order valence-electron chi connectivity index (χ2n) is 8.42. The third kappa shape index (κ3) is 15.4. The number of hydrogen-bond donors (Lipinski definition) is 0. The zero-order valence-corrected chi connectivity index (χ0v) is 25.2. The Morgan fingerprint density at radius 1 is 0.600 bits per heavy atom. The van der Waals surface area contributed by atoms with E-state index in [4.69, 9.17) is 9.47 Å². The molecule has 0 spiro atoms. The molecule has 196 valence electrons. The molecule has 0 bridgehead atoms. The third-order valence-electron chi connectivity index (χ3n) is 5.50. The Labute approximate surface area is 224 Å². The molecule has 2 aliphatic heterocycles. The van der Waals surface area contributed by atoms with Crippen molar-refractivity contribution in [1.82, 2.24) is 0 Å². The molecule has 0 aliphatic carbocycles. The average molecular weight is 657 g/mol. The predicted octanol–water partition coefficient (Wildman–Crippen LogP) is 1.11. The van der Waals surface area contributed by atoms with E-state index in [9.17, 15) is 0 Å². The molecule has 2 aromatic carbocycles. The third-order valence-corrected chi connectivity index (χ3v) is 10.7. The van der Waals surface area contributed by atoms with Gasteiger partial charge in [0.1, 0.15) is 0 Å². The number of nitrogens with zero attached hydrogens (tertiary/aromatic N) is 2. The Morgan fingerprint density at radius 2 is 0.943 bits per heavy atom. The number of unbranched alkanes of at least 4 members (excludes halogenated alkanes) is 2. The van der Waals surface area contributed by atoms with Crippen molar-refractivity contribution < 1.29 is 42.4 Å². The normalized spacial score (nSPS) is 13.5. The van der Waals surface area contributed by atoms with Gasteiger partial charge in [0.2, 0.25) is 0 Å². The smallest absolute Gasteiger partial charge is 1.00 e. The molecule has 4 rings (SSSR count). The minimum Gasteiger partial charge on any atom is -1.00 e. The Balaban J connectivity index is 0.000000793. The minimum absolute atomic E-state index is 0. The van der Waals surface area contributed by atoms with Gasteiger partial charge in [0, 0.05) is 26.4 Å². The van der Waals surface area contributed by atoms with Crippen molar-refractivity contribution in [2.75, 3.05) is 45.3 Å². The summed E-state index contributed by atoms with van der Waals surface area (Å²) in [6.07, 6.45) is 10.2. The van der Waals surface area contributed by atoms with Gasteiger partial charge in [-0.15, -0.1) is 0 Å². The van der Waals surface area contributed by atoms with Crippen molar-refractivity contribution in [2.45, 2.75) is 65.2 Å². The van der Waals surface area contributed by atoms with Gasteiger partial charge in [-0.25, -0.2) is 0 Å². The second kappa shape index (κ2) is 23.1. The maximum Gasteiger partial charge on any atom is -1.00 e. The molecule has 0 aromatic heterocycles. The van der Waals surface area contributed by atoms with Crippen LogP contribution in [0.15, 0.2) is 60.7 Å². The van der Waals surface area contributed by atoms with Crippen LogP contribution >= 0.6 is 0 Å². The van der Waals surface area contributed by atoms with E-state index >= 15 is 0 Å². The average Bonchev–Trinajstić information content (AvgIpc) is 3.64. The molecule has 0 radical (unpaired) electrons. The van der Waals surface area contributed by atoms with E-state index in [-0.39, 0.29) is 9.41 Å². The molecule has 4 nitrogen and oxygen atoms in total. The number of benzene rings is 2. The van der Waals surface area contributed by atoms with Crippen molar-refractivity contribution in [3.05, 3.63) is 60.7 Å². The van der Waals surface area contributed by atoms with Crippen LogP contribution in [0.25, 0.3) is 0 Å². The summed E-state index contributed by atoms with van der Waals surface area (Å²) in [4.78, 5) is 0. The van der Waals surface area contributed by atoms with Gasteiger partial charge in [0.05, 0.1) is 0 Å². The second-order valence-corrected chi connectivity index (χ2v) is 13.0. The zero-order chi connectivity index (χ0) is 23.4. The van der Waals surface area contributed by atoms with Crippen molar-refractivity contribution in [3.8, 4) is 0 Å². The maximum absolute atomic E-state index is 4.94. The van der Waals surface area contributed by atoms with Crippen molar-refractivity contribution in [3.63, 3.8) is 0 Å². The predicted molar refractivity (Wildman–Crippen MR) is 137 cm³/mol. The Morgan fingerprint density at radius 3 is 1.20 bits per heavy atom. The number of ether oxygens (including phenoxy) is 2. The van der Waals surface area contributed by atoms with E-state index in [0.29, 0.717) is 0 Å². The Hall–Kier alpha value is -1.31. The number of rotatable bonds is 10. The molecule has 2 saturated heterocycles. The van der Waals surface area contributed by atoms with E-state index in [1.807, 2.05) is 0 Å². The van der Waals surface area contributed by atoms with Crippen LogP contribution in [0.4, 0.5) is 11.4 Å². The van der Waals surface area contributed by atoms with E-state index in [2.05, 4.69) is 80.3 Å². The number of hydrogen-bond acceptors (Lipinski definition) is 4. The number of halogens is 2. The van der Waals surface area contributed by atoms with Gasteiger partial charge in [-0.1, -0.05) is 0 Å². The Kier molecular flexibility index (Phi) is 22.2. The maximum atomic E-state index is 4.94. The molecular weight excluding hydrogens is 613 g/mol. The first kappa shape index (κ1) is 33.7. The summed E-state index contributed by atoms with van der Waals surface area (Å²) in [6, 6.07) is 22.0. The molecule has 0 amide bonds. The van der Waals surface area contributed by atoms with Gasteiger partial charge in [-0.05, 0) is 25.7 Å². The largest absolute Gasteiger partial charge is 1.00 e. The van der Waals surface area contributed by atoms with Crippen LogP contribution < -0.4 is 15.2 Å². The molecule has 0 N–H and O–H groups in total. The molecule has 7 heteroatoms. The fourth-order valence-electron chi connectivity index (χ4n) is 3.49. The summed E-state index contributed by atoms with van der Waals surface area (Å²) >= 11 is -1.12. The summed E-state index contributed by atoms with van der Waals surface area (Å²) in [5.74, 6) is 0. The van der Waals surface area contributed by atoms with Gasteiger partial charge in [-0.3, -0.25) is 0 Å². The topological polar surface area (TPSA) is 24.9 Å². The van der Waals surface area contributed by atoms with Crippen LogP contribution in [0.2, 0.25) is 0 Å². The van der Waals surface area contributed by atoms with Crippen molar-refractivity contribution in [2.24, 2.45) is 0 Å². The van der Waals surface area contributed by atoms with Gasteiger partial charge in [0.15, 0.2) is 0 Å². The first-order valence-corrected chi connectivity index (χ1v) is 16.1. The standard InChI is InChI=1S/2C10H14N.2C4H8O.2FH.Hf/c2*1-2-3-9-11-10-7-5-4-6-8-10;2*1-2-4-5-3-1;;;/h2*4-8H,2-3,9H2,1H3;2*1-4H2;2*1H;/q2*-1;;;;;+4/p-2. The van der Waals surface area contributed by atoms with Gasteiger partial charge in [-0.2, -0.15) is 0 Å². The van der Waals surface area contributed by atoms with Gasteiger partial charge >= 0.3 is 154 Å². The van der Waals surface area contributed by atoms with E-state index in [0.717, 1.165) is 26.4 Å². The molecule has 0 unspecified atom stereocenters. The summed E-state index contributed by atoms with van der Waals surface area (Å²) < 4.78 is 15.3. The molecule has 0 atom stereocenters. The van der Waals surface area contributed by atoms with Crippen LogP contribution in [0.1, 0.15) is 65.2 Å². The first-order chi connectivity index (χ1) is 16.3. The summed E-state index contributed by atoms with van der Waals surface area (Å²) in [5.41, 5.74) is 2.81. The van der Waals surface area contributed by atoms with Crippen LogP contribution in [0.5, 0.6) is 0 Å². The molecule has 35 heavy (non-hydrogen) atoms. The fraction of sp³-hybridized carbons (Fsp3) is 0.571. The van der Waals surface area contributed by atoms with Crippen LogP contribution in [-0.4, -0.2) is 39.5 Å². The van der Waals surface area contributed by atoms with E-state index in [1.54, 1.807) is 0 Å². The molecule has 0 saturated carbocycles. The van der Waals surface area contributed by atoms with Crippen LogP contribution in [-0.2, 0) is 33.0 Å². The summed E-state index contributed by atoms with van der Waals surface area (Å²) in [7, 11) is 0. The van der Waals surface area contributed by atoms with E-state index in [1.165, 1.54) is 75.8 Å². The number of para-hydroxylation sites is 2. The Bertz CT molecular complexity index is 615. The zero-order valence-electron chi connectivity index (χ0n) is 21.6. The van der Waals surface area contributed by atoms with Crippen molar-refractivity contribution >= 4 is 11.4 Å². The van der Waals surface area contributed by atoms with Gasteiger partial charge < -0.3 is 18.9 Å². The molecule has 2 aromatic rings. The summed E-state index contributed by atoms with van der Waals surface area (Å²) in [5, 5.41) is 0. The van der Waals surface area contributed by atoms with Crippen LogP contribution in [0.3, 0.4) is 0 Å². The minimum atomic E-state index is -1.12. The van der Waals surface area contributed by atoms with E-state index < -0.39 is 23.5 Å². The van der Waals surface area contributed by atoms with Crippen LogP contribution in [0, 0.1) is 0 Å². The monoisotopic (exact) mass is 658 g/mol. The molecular formula is C28H44F2HfN2O2. The molecule has 2 heterocycles. The van der Waals surface area contributed by atoms with Crippen molar-refractivity contribution in [1.29, 1.82) is 0 Å². The summed E-state index contributed by atoms with van der Waals surface area (Å²) in [6.45, 7) is 10.9.